The minimum absolute atomic E-state index is 0.223. The molecule has 0 bridgehead atoms. The molecule has 3 heteroatoms. The number of halogens is 1. The van der Waals surface area contributed by atoms with Crippen molar-refractivity contribution in [1.29, 1.82) is 0 Å². The van der Waals surface area contributed by atoms with Gasteiger partial charge in [0, 0.05) is 12.0 Å². The van der Waals surface area contributed by atoms with Crippen LogP contribution in [0.2, 0.25) is 0 Å². The average Bonchev–Trinajstić information content (AvgIpc) is 2.69. The van der Waals surface area contributed by atoms with E-state index in [-0.39, 0.29) is 11.8 Å². The highest BCUT2D eigenvalue weighted by Gasteiger charge is 2.14. The number of phenols is 1. The molecule has 0 spiro atoms. The fraction of sp³-hybridized carbons (Fsp3) is 0.250. The molecule has 3 aromatic carbocycles. The lowest BCUT2D eigenvalue weighted by molar-refractivity contribution is 0.431. The van der Waals surface area contributed by atoms with Crippen LogP contribution in [0.4, 0.5) is 4.39 Å². The molecule has 0 aliphatic rings. The van der Waals surface area contributed by atoms with Gasteiger partial charge < -0.3 is 10.4 Å². The second-order valence-electron chi connectivity index (χ2n) is 7.01. The first-order valence-corrected chi connectivity index (χ1v) is 9.44. The Kier molecular flexibility index (Phi) is 6.61. The summed E-state index contributed by atoms with van der Waals surface area (Å²) in [4.78, 5) is 0. The topological polar surface area (TPSA) is 32.3 Å². The summed E-state index contributed by atoms with van der Waals surface area (Å²) in [5, 5.41) is 12.9. The summed E-state index contributed by atoms with van der Waals surface area (Å²) in [6, 6.07) is 26.0. The Labute approximate surface area is 160 Å². The number of phenolic OH excluding ortho intramolecular Hbond substituents is 1. The van der Waals surface area contributed by atoms with Crippen LogP contribution in [0.15, 0.2) is 78.9 Å². The molecule has 0 aliphatic heterocycles. The third-order valence-corrected chi connectivity index (χ3v) is 4.88. The summed E-state index contributed by atoms with van der Waals surface area (Å²) in [6.07, 6.45) is 1.71. The highest BCUT2D eigenvalue weighted by molar-refractivity contribution is 5.32. The first kappa shape index (κ1) is 19.1. The molecule has 2 N–H and O–H groups in total. The van der Waals surface area contributed by atoms with Crippen LogP contribution in [-0.2, 0) is 6.42 Å². The Morgan fingerprint density at radius 2 is 1.48 bits per heavy atom. The molecule has 3 aromatic rings. The van der Waals surface area contributed by atoms with E-state index in [1.165, 1.54) is 23.3 Å². The van der Waals surface area contributed by atoms with Gasteiger partial charge in [-0.3, -0.25) is 0 Å². The van der Waals surface area contributed by atoms with Gasteiger partial charge >= 0.3 is 0 Å². The number of aromatic hydroxyl groups is 1. The fourth-order valence-corrected chi connectivity index (χ4v) is 3.47. The van der Waals surface area contributed by atoms with E-state index < -0.39 is 5.82 Å². The Hall–Kier alpha value is -2.65. The first-order chi connectivity index (χ1) is 13.1. The van der Waals surface area contributed by atoms with Crippen LogP contribution in [0.1, 0.15) is 36.0 Å². The third kappa shape index (κ3) is 5.41. The van der Waals surface area contributed by atoms with Gasteiger partial charge in [-0.2, -0.15) is 0 Å². The van der Waals surface area contributed by atoms with Crippen molar-refractivity contribution < 1.29 is 9.50 Å². The highest BCUT2D eigenvalue weighted by Crippen LogP contribution is 2.27. The molecule has 0 fully saturated rings. The fourth-order valence-electron chi connectivity index (χ4n) is 3.47. The molecule has 27 heavy (non-hydrogen) atoms. The van der Waals surface area contributed by atoms with Crippen molar-refractivity contribution in [2.75, 3.05) is 6.54 Å². The molecule has 3 rings (SSSR count). The summed E-state index contributed by atoms with van der Waals surface area (Å²) >= 11 is 0. The second-order valence-corrected chi connectivity index (χ2v) is 7.01. The molecule has 0 radical (unpaired) electrons. The van der Waals surface area contributed by atoms with Crippen molar-refractivity contribution in [1.82, 2.24) is 5.32 Å². The lowest BCUT2D eigenvalue weighted by Gasteiger charge is -2.20. The zero-order valence-corrected chi connectivity index (χ0v) is 15.6. The van der Waals surface area contributed by atoms with Crippen LogP contribution in [0.3, 0.4) is 0 Å². The van der Waals surface area contributed by atoms with Crippen LogP contribution in [-0.4, -0.2) is 17.7 Å². The summed E-state index contributed by atoms with van der Waals surface area (Å²) in [5.74, 6) is -0.515. The maximum Gasteiger partial charge on any atom is 0.165 e. The zero-order chi connectivity index (χ0) is 19.1. The molecule has 2 nitrogen and oxygen atoms in total. The van der Waals surface area contributed by atoms with Gasteiger partial charge in [0.15, 0.2) is 11.6 Å². The molecule has 0 heterocycles. The highest BCUT2D eigenvalue weighted by atomic mass is 19.1. The summed E-state index contributed by atoms with van der Waals surface area (Å²) < 4.78 is 13.5. The van der Waals surface area contributed by atoms with Crippen molar-refractivity contribution in [3.05, 3.63) is 101 Å². The third-order valence-electron chi connectivity index (χ3n) is 4.88. The van der Waals surface area contributed by atoms with Gasteiger partial charge in [-0.1, -0.05) is 66.7 Å². The van der Waals surface area contributed by atoms with Crippen LogP contribution in [0, 0.1) is 5.82 Å². The predicted octanol–water partition coefficient (Wildman–Crippen LogP) is 5.27. The Balaban J connectivity index is 1.59. The molecular formula is C24H26FNO. The van der Waals surface area contributed by atoms with E-state index in [0.717, 1.165) is 24.9 Å². The van der Waals surface area contributed by atoms with Gasteiger partial charge in [0.25, 0.3) is 0 Å². The van der Waals surface area contributed by atoms with Crippen LogP contribution < -0.4 is 5.32 Å². The van der Waals surface area contributed by atoms with Crippen molar-refractivity contribution in [3.8, 4) is 5.75 Å². The SMILES string of the molecule is CC(Cc1ccc(O)c(F)c1)NCCC(c1ccccc1)c1ccccc1. The van der Waals surface area contributed by atoms with Crippen molar-refractivity contribution in [3.63, 3.8) is 0 Å². The number of nitrogens with one attached hydrogen (secondary N) is 1. The lowest BCUT2D eigenvalue weighted by atomic mass is 9.88. The van der Waals surface area contributed by atoms with E-state index in [0.29, 0.717) is 5.92 Å². The minimum atomic E-state index is -0.562. The predicted molar refractivity (Wildman–Crippen MR) is 109 cm³/mol. The normalized spacial score (nSPS) is 12.3. The van der Waals surface area contributed by atoms with E-state index in [1.807, 2.05) is 12.1 Å². The van der Waals surface area contributed by atoms with Crippen LogP contribution in [0.25, 0.3) is 0 Å². The van der Waals surface area contributed by atoms with Crippen LogP contribution >= 0.6 is 0 Å². The van der Waals surface area contributed by atoms with E-state index >= 15 is 0 Å². The Bertz CT molecular complexity index is 796. The monoisotopic (exact) mass is 363 g/mol. The zero-order valence-electron chi connectivity index (χ0n) is 15.6. The number of benzene rings is 3. The maximum absolute atomic E-state index is 13.5. The smallest absolute Gasteiger partial charge is 0.165 e. The second kappa shape index (κ2) is 9.33. The van der Waals surface area contributed by atoms with Gasteiger partial charge in [0.2, 0.25) is 0 Å². The van der Waals surface area contributed by atoms with Gasteiger partial charge in [-0.05, 0) is 55.1 Å². The van der Waals surface area contributed by atoms with E-state index in [2.05, 4.69) is 60.8 Å². The quantitative estimate of drug-likeness (QED) is 0.571. The van der Waals surface area contributed by atoms with Gasteiger partial charge in [-0.25, -0.2) is 4.39 Å². The van der Waals surface area contributed by atoms with E-state index in [4.69, 9.17) is 0 Å². The maximum atomic E-state index is 13.5. The summed E-state index contributed by atoms with van der Waals surface area (Å²) in [6.45, 7) is 2.97. The van der Waals surface area contributed by atoms with Gasteiger partial charge in [-0.15, -0.1) is 0 Å². The largest absolute Gasteiger partial charge is 0.505 e. The Morgan fingerprint density at radius 1 is 0.889 bits per heavy atom. The number of rotatable bonds is 8. The molecule has 0 aliphatic carbocycles. The van der Waals surface area contributed by atoms with Crippen molar-refractivity contribution >= 4 is 0 Å². The molecule has 1 atom stereocenters. The lowest BCUT2D eigenvalue weighted by Crippen LogP contribution is -2.30. The minimum Gasteiger partial charge on any atom is -0.505 e. The standard InChI is InChI=1S/C24H26FNO/c1-18(16-19-12-13-24(27)23(25)17-19)26-15-14-22(20-8-4-2-5-9-20)21-10-6-3-7-11-21/h2-13,17-18,22,26-27H,14-16H2,1H3. The van der Waals surface area contributed by atoms with E-state index in [1.54, 1.807) is 6.07 Å². The van der Waals surface area contributed by atoms with Gasteiger partial charge in [0.05, 0.1) is 0 Å². The number of hydrogen-bond donors (Lipinski definition) is 2. The molecule has 0 amide bonds. The van der Waals surface area contributed by atoms with Gasteiger partial charge in [0.1, 0.15) is 0 Å². The van der Waals surface area contributed by atoms with Crippen molar-refractivity contribution in [2.24, 2.45) is 0 Å². The van der Waals surface area contributed by atoms with Crippen molar-refractivity contribution in [2.45, 2.75) is 31.7 Å². The molecular weight excluding hydrogens is 337 g/mol. The molecule has 1 unspecified atom stereocenters. The molecule has 140 valence electrons. The molecule has 0 aromatic heterocycles. The number of hydrogen-bond acceptors (Lipinski definition) is 2. The average molecular weight is 363 g/mol. The Morgan fingerprint density at radius 3 is 2.04 bits per heavy atom. The summed E-state index contributed by atoms with van der Waals surface area (Å²) in [7, 11) is 0. The molecule has 0 saturated heterocycles. The first-order valence-electron chi connectivity index (χ1n) is 9.44. The molecule has 0 saturated carbocycles. The van der Waals surface area contributed by atoms with E-state index in [9.17, 15) is 9.50 Å². The summed E-state index contributed by atoms with van der Waals surface area (Å²) in [5.41, 5.74) is 3.52. The van der Waals surface area contributed by atoms with Crippen LogP contribution in [0.5, 0.6) is 5.75 Å².